The number of amides is 1. The molecule has 0 bridgehead atoms. The summed E-state index contributed by atoms with van der Waals surface area (Å²) in [5.41, 5.74) is 0.925. The van der Waals surface area contributed by atoms with Crippen molar-refractivity contribution in [3.63, 3.8) is 0 Å². The average Bonchev–Trinajstić information content (AvgIpc) is 3.02. The molecule has 1 fully saturated rings. The van der Waals surface area contributed by atoms with Crippen LogP contribution in [0.3, 0.4) is 0 Å². The predicted molar refractivity (Wildman–Crippen MR) is 88.5 cm³/mol. The van der Waals surface area contributed by atoms with Gasteiger partial charge in [0.1, 0.15) is 0 Å². The van der Waals surface area contributed by atoms with Crippen LogP contribution in [0, 0.1) is 0 Å². The zero-order valence-electron chi connectivity index (χ0n) is 13.7. The Hall–Kier alpha value is -2.19. The molecule has 1 saturated heterocycles. The third-order valence-electron chi connectivity index (χ3n) is 4.22. The molecule has 1 aromatic carbocycles. The molecule has 128 valence electrons. The molecule has 0 unspecified atom stereocenters. The number of carbonyl (C=O) groups is 1. The number of aromatic nitrogens is 2. The lowest BCUT2D eigenvalue weighted by molar-refractivity contribution is -0.133. The Bertz CT molecular complexity index is 832. The number of nitrogens with zero attached hydrogens (tertiary/aromatic N) is 4. The number of imidazole rings is 1. The van der Waals surface area contributed by atoms with Crippen LogP contribution in [0.4, 0.5) is 0 Å². The van der Waals surface area contributed by atoms with Crippen LogP contribution in [-0.4, -0.2) is 52.7 Å². The van der Waals surface area contributed by atoms with Crippen molar-refractivity contribution >= 4 is 15.9 Å². The molecule has 7 nitrogen and oxygen atoms in total. The molecular formula is C16H20N4O3S. The van der Waals surface area contributed by atoms with Crippen LogP contribution in [-0.2, 0) is 21.9 Å². The van der Waals surface area contributed by atoms with Gasteiger partial charge in [0.25, 0.3) is 10.0 Å². The summed E-state index contributed by atoms with van der Waals surface area (Å²) in [4.78, 5) is 17.6. The minimum atomic E-state index is -3.67. The first-order chi connectivity index (χ1) is 11.4. The second-order valence-electron chi connectivity index (χ2n) is 5.88. The first kappa shape index (κ1) is 16.7. The van der Waals surface area contributed by atoms with Crippen LogP contribution in [0.15, 0.2) is 47.9 Å². The Kier molecular flexibility index (Phi) is 4.42. The van der Waals surface area contributed by atoms with Crippen molar-refractivity contribution in [3.8, 4) is 0 Å². The summed E-state index contributed by atoms with van der Waals surface area (Å²) in [6.07, 6.45) is 2.96. The highest BCUT2D eigenvalue weighted by molar-refractivity contribution is 7.89. The first-order valence-electron chi connectivity index (χ1n) is 7.70. The molecule has 0 aliphatic carbocycles. The van der Waals surface area contributed by atoms with Gasteiger partial charge in [0.05, 0.1) is 12.4 Å². The second kappa shape index (κ2) is 6.37. The highest BCUT2D eigenvalue weighted by Crippen LogP contribution is 2.28. The molecule has 1 aromatic heterocycles. The fourth-order valence-corrected chi connectivity index (χ4v) is 4.37. The van der Waals surface area contributed by atoms with Gasteiger partial charge in [-0.25, -0.2) is 13.4 Å². The van der Waals surface area contributed by atoms with Crippen molar-refractivity contribution in [2.75, 3.05) is 19.6 Å². The molecule has 0 N–H and O–H groups in total. The summed E-state index contributed by atoms with van der Waals surface area (Å²) >= 11 is 0. The van der Waals surface area contributed by atoms with Gasteiger partial charge >= 0.3 is 0 Å². The monoisotopic (exact) mass is 348 g/mol. The molecule has 3 rings (SSSR count). The number of piperazine rings is 1. The topological polar surface area (TPSA) is 75.5 Å². The highest BCUT2D eigenvalue weighted by Gasteiger charge is 2.36. The fourth-order valence-electron chi connectivity index (χ4n) is 2.97. The Balaban J connectivity index is 1.92. The number of carbonyl (C=O) groups excluding carboxylic acids is 1. The van der Waals surface area contributed by atoms with Crippen molar-refractivity contribution in [3.05, 3.63) is 48.4 Å². The molecule has 8 heteroatoms. The normalized spacial score (nSPS) is 19.4. The molecule has 1 atom stereocenters. The lowest BCUT2D eigenvalue weighted by Crippen LogP contribution is -2.51. The Labute approximate surface area is 141 Å². The van der Waals surface area contributed by atoms with Gasteiger partial charge in [-0.05, 0) is 5.56 Å². The summed E-state index contributed by atoms with van der Waals surface area (Å²) in [6.45, 7) is 2.37. The molecule has 1 amide bonds. The Morgan fingerprint density at radius 3 is 2.50 bits per heavy atom. The molecule has 1 aliphatic heterocycles. The molecule has 0 radical (unpaired) electrons. The van der Waals surface area contributed by atoms with Gasteiger partial charge in [0.15, 0.2) is 5.03 Å². The number of hydrogen-bond donors (Lipinski definition) is 0. The number of sulfonamides is 1. The van der Waals surface area contributed by atoms with E-state index in [-0.39, 0.29) is 30.1 Å². The summed E-state index contributed by atoms with van der Waals surface area (Å²) < 4.78 is 28.6. The highest BCUT2D eigenvalue weighted by atomic mass is 32.2. The van der Waals surface area contributed by atoms with Crippen molar-refractivity contribution in [1.29, 1.82) is 0 Å². The van der Waals surface area contributed by atoms with Gasteiger partial charge in [0.2, 0.25) is 5.91 Å². The fraction of sp³-hybridized carbons (Fsp3) is 0.375. The van der Waals surface area contributed by atoms with Crippen molar-refractivity contribution < 1.29 is 13.2 Å². The minimum Gasteiger partial charge on any atom is -0.339 e. The average molecular weight is 348 g/mol. The van der Waals surface area contributed by atoms with Crippen LogP contribution < -0.4 is 0 Å². The van der Waals surface area contributed by atoms with E-state index in [4.69, 9.17) is 0 Å². The SMILES string of the molecule is CC(=O)N1CCN(S(=O)(=O)c2cn(C)cn2)C[C@H]1c1ccccc1. The van der Waals surface area contributed by atoms with Crippen LogP contribution in [0.5, 0.6) is 0 Å². The number of aryl methyl sites for hydroxylation is 1. The van der Waals surface area contributed by atoms with Crippen LogP contribution in [0.1, 0.15) is 18.5 Å². The van der Waals surface area contributed by atoms with E-state index in [1.165, 1.54) is 23.8 Å². The lowest BCUT2D eigenvalue weighted by Gasteiger charge is -2.40. The third-order valence-corrected chi connectivity index (χ3v) is 5.97. The largest absolute Gasteiger partial charge is 0.339 e. The van der Waals surface area contributed by atoms with Gasteiger partial charge in [-0.15, -0.1) is 0 Å². The van der Waals surface area contributed by atoms with E-state index in [0.29, 0.717) is 6.54 Å². The van der Waals surface area contributed by atoms with E-state index in [1.807, 2.05) is 30.3 Å². The maximum Gasteiger partial charge on any atom is 0.262 e. The zero-order valence-corrected chi connectivity index (χ0v) is 14.5. The zero-order chi connectivity index (χ0) is 17.3. The van der Waals surface area contributed by atoms with Crippen molar-refractivity contribution in [2.45, 2.75) is 18.0 Å². The molecule has 24 heavy (non-hydrogen) atoms. The maximum absolute atomic E-state index is 12.8. The summed E-state index contributed by atoms with van der Waals surface area (Å²) in [5.74, 6) is -0.0567. The third kappa shape index (κ3) is 3.07. The van der Waals surface area contributed by atoms with E-state index >= 15 is 0 Å². The first-order valence-corrected chi connectivity index (χ1v) is 9.14. The summed E-state index contributed by atoms with van der Waals surface area (Å²) in [6, 6.07) is 9.21. The predicted octanol–water partition coefficient (Wildman–Crippen LogP) is 1.01. The molecule has 2 aromatic rings. The van der Waals surface area contributed by atoms with Crippen molar-refractivity contribution in [2.24, 2.45) is 7.05 Å². The molecular weight excluding hydrogens is 328 g/mol. The van der Waals surface area contributed by atoms with E-state index in [9.17, 15) is 13.2 Å². The number of hydrogen-bond acceptors (Lipinski definition) is 4. The van der Waals surface area contributed by atoms with Gasteiger partial charge in [-0.3, -0.25) is 4.79 Å². The van der Waals surface area contributed by atoms with Crippen LogP contribution in [0.25, 0.3) is 0 Å². The summed E-state index contributed by atoms with van der Waals surface area (Å²) in [5, 5.41) is 0.0353. The Morgan fingerprint density at radius 1 is 1.21 bits per heavy atom. The van der Waals surface area contributed by atoms with Gasteiger partial charge in [-0.2, -0.15) is 4.31 Å². The standard InChI is InChI=1S/C16H20N4O3S/c1-13(21)20-9-8-19(10-15(20)14-6-4-3-5-7-14)24(22,23)16-11-18(2)12-17-16/h3-7,11-12,15H,8-10H2,1-2H3/t15-/m0/s1. The van der Waals surface area contributed by atoms with Crippen molar-refractivity contribution in [1.82, 2.24) is 18.8 Å². The second-order valence-corrected chi connectivity index (χ2v) is 7.76. The number of benzene rings is 1. The number of rotatable bonds is 3. The molecule has 1 aliphatic rings. The molecule has 2 heterocycles. The van der Waals surface area contributed by atoms with Gasteiger partial charge in [0, 0.05) is 39.8 Å². The van der Waals surface area contributed by atoms with Crippen LogP contribution >= 0.6 is 0 Å². The summed E-state index contributed by atoms with van der Waals surface area (Å²) in [7, 11) is -1.94. The Morgan fingerprint density at radius 2 is 1.92 bits per heavy atom. The molecule has 0 saturated carbocycles. The van der Waals surface area contributed by atoms with E-state index < -0.39 is 10.0 Å². The van der Waals surface area contributed by atoms with Crippen LogP contribution in [0.2, 0.25) is 0 Å². The maximum atomic E-state index is 12.8. The lowest BCUT2D eigenvalue weighted by atomic mass is 10.0. The van der Waals surface area contributed by atoms with E-state index in [2.05, 4.69) is 4.98 Å². The van der Waals surface area contributed by atoms with Gasteiger partial charge in [-0.1, -0.05) is 30.3 Å². The molecule has 0 spiro atoms. The van der Waals surface area contributed by atoms with E-state index in [0.717, 1.165) is 5.56 Å². The van der Waals surface area contributed by atoms with E-state index in [1.54, 1.807) is 16.5 Å². The quantitative estimate of drug-likeness (QED) is 0.830. The minimum absolute atomic E-state index is 0.0353. The van der Waals surface area contributed by atoms with Gasteiger partial charge < -0.3 is 9.47 Å². The smallest absolute Gasteiger partial charge is 0.262 e.